The third-order valence-corrected chi connectivity index (χ3v) is 6.96. The van der Waals surface area contributed by atoms with E-state index < -0.39 is 10.8 Å². The Labute approximate surface area is 209 Å². The summed E-state index contributed by atoms with van der Waals surface area (Å²) in [6.45, 7) is 5.25. The van der Waals surface area contributed by atoms with E-state index in [1.807, 2.05) is 26.0 Å². The molecule has 0 amide bonds. The van der Waals surface area contributed by atoms with Gasteiger partial charge in [-0.3, -0.25) is 4.21 Å². The number of benzene rings is 1. The fraction of sp³-hybridized carbons (Fsp3) is 0.478. The van der Waals surface area contributed by atoms with Crippen molar-refractivity contribution < 1.29 is 13.3 Å². The van der Waals surface area contributed by atoms with Gasteiger partial charge in [-0.1, -0.05) is 13.3 Å². The zero-order chi connectivity index (χ0) is 22.1. The molecule has 1 saturated carbocycles. The molecule has 32 heavy (non-hydrogen) atoms. The predicted octanol–water partition coefficient (Wildman–Crippen LogP) is 4.77. The summed E-state index contributed by atoms with van der Waals surface area (Å²) in [7, 11) is -0.749. The van der Waals surface area contributed by atoms with Gasteiger partial charge in [0.2, 0.25) is 5.88 Å². The number of aliphatic imine (C=N–C) groups is 1. The molecule has 3 atom stereocenters. The van der Waals surface area contributed by atoms with Crippen LogP contribution in [0.4, 0.5) is 4.39 Å². The molecule has 0 radical (unpaired) electrons. The lowest BCUT2D eigenvalue weighted by molar-refractivity contribution is 0.413. The summed E-state index contributed by atoms with van der Waals surface area (Å²) >= 11 is 0. The Balaban J connectivity index is 0.00000363. The number of guanidine groups is 1. The van der Waals surface area contributed by atoms with Crippen molar-refractivity contribution in [2.24, 2.45) is 4.99 Å². The zero-order valence-corrected chi connectivity index (χ0v) is 21.7. The van der Waals surface area contributed by atoms with Crippen molar-refractivity contribution in [2.75, 3.05) is 12.3 Å². The van der Waals surface area contributed by atoms with Gasteiger partial charge < -0.3 is 15.4 Å². The first-order chi connectivity index (χ1) is 15.1. The first-order valence-electron chi connectivity index (χ1n) is 10.9. The van der Waals surface area contributed by atoms with Crippen LogP contribution in [0.2, 0.25) is 0 Å². The van der Waals surface area contributed by atoms with Gasteiger partial charge in [0, 0.05) is 46.7 Å². The molecular weight excluding hydrogens is 542 g/mol. The van der Waals surface area contributed by atoms with Crippen LogP contribution in [0.3, 0.4) is 0 Å². The first-order valence-corrected chi connectivity index (χ1v) is 12.3. The summed E-state index contributed by atoms with van der Waals surface area (Å²) < 4.78 is 31.0. The van der Waals surface area contributed by atoms with Crippen LogP contribution >= 0.6 is 24.0 Å². The first kappa shape index (κ1) is 26.5. The highest BCUT2D eigenvalue weighted by Gasteiger charge is 2.26. The van der Waals surface area contributed by atoms with Gasteiger partial charge in [-0.2, -0.15) is 0 Å². The SMILES string of the molecule is CCNC(=NCc1ccnc(Oc2ccc(F)cc2)c1)NC1CCCC(S(=O)CC)C1.I. The molecule has 1 heterocycles. The van der Waals surface area contributed by atoms with Crippen LogP contribution in [-0.2, 0) is 17.3 Å². The van der Waals surface area contributed by atoms with Gasteiger partial charge in [0.1, 0.15) is 11.6 Å². The molecule has 0 spiro atoms. The molecule has 1 aromatic carbocycles. The van der Waals surface area contributed by atoms with Crippen LogP contribution in [0.5, 0.6) is 11.6 Å². The van der Waals surface area contributed by atoms with Crippen molar-refractivity contribution in [3.05, 3.63) is 54.0 Å². The van der Waals surface area contributed by atoms with E-state index in [0.717, 1.165) is 49.5 Å². The number of halogens is 2. The van der Waals surface area contributed by atoms with Crippen molar-refractivity contribution in [3.63, 3.8) is 0 Å². The second-order valence-electron chi connectivity index (χ2n) is 7.55. The maximum atomic E-state index is 13.1. The smallest absolute Gasteiger partial charge is 0.219 e. The standard InChI is InChI=1S/C23H31FN4O2S.HI/c1-3-25-23(28-19-6-5-7-21(15-19)31(29)4-2)27-16-17-12-13-26-22(14-17)30-20-10-8-18(24)9-11-20;/h8-14,19,21H,3-7,15-16H2,1-2H3,(H2,25,27,28);1H. The van der Waals surface area contributed by atoms with E-state index in [-0.39, 0.29) is 41.1 Å². The van der Waals surface area contributed by atoms with Crippen LogP contribution < -0.4 is 15.4 Å². The van der Waals surface area contributed by atoms with Crippen LogP contribution in [0, 0.1) is 5.82 Å². The van der Waals surface area contributed by atoms with Crippen molar-refractivity contribution >= 4 is 40.7 Å². The summed E-state index contributed by atoms with van der Waals surface area (Å²) in [6, 6.07) is 9.84. The average Bonchev–Trinajstić information content (AvgIpc) is 2.79. The molecule has 176 valence electrons. The lowest BCUT2D eigenvalue weighted by atomic mass is 9.95. The van der Waals surface area contributed by atoms with E-state index in [0.29, 0.717) is 18.2 Å². The largest absolute Gasteiger partial charge is 0.439 e. The van der Waals surface area contributed by atoms with E-state index >= 15 is 0 Å². The van der Waals surface area contributed by atoms with E-state index in [4.69, 9.17) is 9.73 Å². The summed E-state index contributed by atoms with van der Waals surface area (Å²) in [5.74, 6) is 2.14. The van der Waals surface area contributed by atoms with Gasteiger partial charge >= 0.3 is 0 Å². The third kappa shape index (κ3) is 8.31. The minimum Gasteiger partial charge on any atom is -0.439 e. The van der Waals surface area contributed by atoms with E-state index in [1.54, 1.807) is 18.3 Å². The number of nitrogens with one attached hydrogen (secondary N) is 2. The van der Waals surface area contributed by atoms with E-state index in [1.165, 1.54) is 12.1 Å². The fourth-order valence-electron chi connectivity index (χ4n) is 3.66. The molecule has 9 heteroatoms. The number of hydrogen-bond donors (Lipinski definition) is 2. The van der Waals surface area contributed by atoms with Gasteiger partial charge in [0.05, 0.1) is 6.54 Å². The molecule has 6 nitrogen and oxygen atoms in total. The minimum absolute atomic E-state index is 0. The molecule has 1 aromatic heterocycles. The molecule has 1 fully saturated rings. The average molecular weight is 575 g/mol. The maximum Gasteiger partial charge on any atom is 0.219 e. The number of nitrogens with zero attached hydrogens (tertiary/aromatic N) is 2. The van der Waals surface area contributed by atoms with Crippen LogP contribution in [0.1, 0.15) is 45.1 Å². The van der Waals surface area contributed by atoms with E-state index in [2.05, 4.69) is 15.6 Å². The Hall–Kier alpha value is -1.75. The van der Waals surface area contributed by atoms with Gasteiger partial charge in [-0.15, -0.1) is 24.0 Å². The second-order valence-corrected chi connectivity index (χ2v) is 9.56. The summed E-state index contributed by atoms with van der Waals surface area (Å²) in [6.07, 6.45) is 5.78. The third-order valence-electron chi connectivity index (χ3n) is 5.22. The lowest BCUT2D eigenvalue weighted by Crippen LogP contribution is -2.46. The Morgan fingerprint density at radius 3 is 2.75 bits per heavy atom. The Morgan fingerprint density at radius 1 is 1.25 bits per heavy atom. The van der Waals surface area contributed by atoms with E-state index in [9.17, 15) is 8.60 Å². The zero-order valence-electron chi connectivity index (χ0n) is 18.6. The molecule has 2 N–H and O–H groups in total. The fourth-order valence-corrected chi connectivity index (χ4v) is 5.01. The predicted molar refractivity (Wildman–Crippen MR) is 139 cm³/mol. The monoisotopic (exact) mass is 574 g/mol. The maximum absolute atomic E-state index is 13.1. The van der Waals surface area contributed by atoms with Crippen LogP contribution in [-0.4, -0.2) is 38.7 Å². The highest BCUT2D eigenvalue weighted by atomic mass is 127. The highest BCUT2D eigenvalue weighted by molar-refractivity contribution is 14.0. The molecule has 3 rings (SSSR count). The normalized spacial score (nSPS) is 19.5. The number of aromatic nitrogens is 1. The van der Waals surface area contributed by atoms with Crippen molar-refractivity contribution in [3.8, 4) is 11.6 Å². The van der Waals surface area contributed by atoms with Crippen molar-refractivity contribution in [1.29, 1.82) is 0 Å². The minimum atomic E-state index is -0.749. The van der Waals surface area contributed by atoms with Gasteiger partial charge in [-0.25, -0.2) is 14.4 Å². The Kier molecular flexibility index (Phi) is 11.4. The van der Waals surface area contributed by atoms with Gasteiger partial charge in [0.25, 0.3) is 0 Å². The molecule has 0 aliphatic heterocycles. The Morgan fingerprint density at radius 2 is 2.03 bits per heavy atom. The molecule has 0 bridgehead atoms. The Bertz CT molecular complexity index is 898. The molecule has 0 saturated heterocycles. The highest BCUT2D eigenvalue weighted by Crippen LogP contribution is 2.23. The second kappa shape index (κ2) is 13.7. The number of rotatable bonds is 8. The number of ether oxygens (including phenoxy) is 1. The lowest BCUT2D eigenvalue weighted by Gasteiger charge is -2.30. The summed E-state index contributed by atoms with van der Waals surface area (Å²) in [5.41, 5.74) is 0.956. The van der Waals surface area contributed by atoms with Gasteiger partial charge in [0.15, 0.2) is 5.96 Å². The summed E-state index contributed by atoms with van der Waals surface area (Å²) in [5, 5.41) is 7.09. The topological polar surface area (TPSA) is 75.6 Å². The van der Waals surface area contributed by atoms with Crippen LogP contribution in [0.25, 0.3) is 0 Å². The van der Waals surface area contributed by atoms with Crippen LogP contribution in [0.15, 0.2) is 47.6 Å². The van der Waals surface area contributed by atoms with Gasteiger partial charge in [-0.05, 0) is 62.1 Å². The van der Waals surface area contributed by atoms with Crippen molar-refractivity contribution in [2.45, 2.75) is 57.4 Å². The molecule has 1 aliphatic rings. The number of pyridine rings is 1. The molecule has 3 unspecified atom stereocenters. The molecule has 2 aromatic rings. The summed E-state index contributed by atoms with van der Waals surface area (Å²) in [4.78, 5) is 8.94. The molecule has 1 aliphatic carbocycles. The van der Waals surface area contributed by atoms with Crippen molar-refractivity contribution in [1.82, 2.24) is 15.6 Å². The quantitative estimate of drug-likeness (QED) is 0.270. The molecular formula is C23H32FIN4O2S. The number of hydrogen-bond acceptors (Lipinski definition) is 4.